The predicted molar refractivity (Wildman–Crippen MR) is 95.9 cm³/mol. The van der Waals surface area contributed by atoms with Gasteiger partial charge in [-0.2, -0.15) is 0 Å². The summed E-state index contributed by atoms with van der Waals surface area (Å²) in [6, 6.07) is 9.53. The van der Waals surface area contributed by atoms with Crippen molar-refractivity contribution in [3.8, 4) is 0 Å². The second-order valence-corrected chi connectivity index (χ2v) is 5.69. The molecule has 3 aromatic rings. The maximum absolute atomic E-state index is 12.6. The first kappa shape index (κ1) is 16.7. The van der Waals surface area contributed by atoms with Crippen molar-refractivity contribution in [3.05, 3.63) is 59.0 Å². The van der Waals surface area contributed by atoms with E-state index in [-0.39, 0.29) is 5.91 Å². The Labute approximate surface area is 145 Å². The second kappa shape index (κ2) is 6.76. The molecule has 2 heterocycles. The number of carbonyl (C=O) groups is 2. The Hall–Kier alpha value is -3.15. The molecule has 25 heavy (non-hydrogen) atoms. The van der Waals surface area contributed by atoms with Gasteiger partial charge in [-0.3, -0.25) is 9.78 Å². The van der Waals surface area contributed by atoms with E-state index >= 15 is 0 Å². The number of nitrogens with one attached hydrogen (secondary N) is 2. The van der Waals surface area contributed by atoms with Crippen molar-refractivity contribution in [2.24, 2.45) is 0 Å². The number of aromatic amines is 1. The topological polar surface area (TPSA) is 84.1 Å². The van der Waals surface area contributed by atoms with Gasteiger partial charge in [-0.1, -0.05) is 25.1 Å². The Bertz CT molecular complexity index is 960. The number of anilines is 1. The van der Waals surface area contributed by atoms with Crippen LogP contribution in [0.3, 0.4) is 0 Å². The van der Waals surface area contributed by atoms with E-state index < -0.39 is 5.97 Å². The van der Waals surface area contributed by atoms with Crippen LogP contribution in [0.15, 0.2) is 36.5 Å². The molecule has 0 bridgehead atoms. The van der Waals surface area contributed by atoms with Crippen LogP contribution in [0.2, 0.25) is 0 Å². The molecule has 0 aliphatic heterocycles. The molecule has 1 aromatic carbocycles. The van der Waals surface area contributed by atoms with Gasteiger partial charge in [0.05, 0.1) is 30.1 Å². The van der Waals surface area contributed by atoms with Gasteiger partial charge in [-0.15, -0.1) is 0 Å². The number of fused-ring (bicyclic) bond motifs is 1. The molecule has 0 fully saturated rings. The zero-order valence-electron chi connectivity index (χ0n) is 14.3. The fourth-order valence-electron chi connectivity index (χ4n) is 2.86. The van der Waals surface area contributed by atoms with Crippen molar-refractivity contribution in [2.45, 2.75) is 20.3 Å². The van der Waals surface area contributed by atoms with Crippen molar-refractivity contribution in [2.75, 3.05) is 12.4 Å². The number of carbonyl (C=O) groups excluding carboxylic acids is 2. The summed E-state index contributed by atoms with van der Waals surface area (Å²) in [5.74, 6) is -0.767. The summed E-state index contributed by atoms with van der Waals surface area (Å²) in [6.45, 7) is 3.64. The van der Waals surface area contributed by atoms with Crippen LogP contribution in [0.1, 0.15) is 39.0 Å². The molecular weight excluding hydrogens is 318 g/mol. The molecule has 2 aromatic heterocycles. The molecule has 0 radical (unpaired) electrons. The highest BCUT2D eigenvalue weighted by Gasteiger charge is 2.23. The summed E-state index contributed by atoms with van der Waals surface area (Å²) < 4.78 is 4.82. The van der Waals surface area contributed by atoms with Gasteiger partial charge in [0, 0.05) is 11.1 Å². The highest BCUT2D eigenvalue weighted by Crippen LogP contribution is 2.22. The average molecular weight is 337 g/mol. The number of aryl methyl sites for hydroxylation is 1. The third-order valence-electron chi connectivity index (χ3n) is 4.15. The normalized spacial score (nSPS) is 10.7. The lowest BCUT2D eigenvalue weighted by molar-refractivity contribution is 0.0599. The minimum absolute atomic E-state index is 0.320. The number of rotatable bonds is 4. The fraction of sp³-hybridized carbons (Fsp3) is 0.211. The van der Waals surface area contributed by atoms with Gasteiger partial charge in [-0.05, 0) is 31.0 Å². The maximum atomic E-state index is 12.6. The van der Waals surface area contributed by atoms with E-state index in [1.54, 1.807) is 13.1 Å². The summed E-state index contributed by atoms with van der Waals surface area (Å²) in [4.78, 5) is 32.0. The van der Waals surface area contributed by atoms with Crippen LogP contribution in [-0.4, -0.2) is 29.0 Å². The molecule has 0 aliphatic rings. The third kappa shape index (κ3) is 3.10. The number of esters is 1. The minimum atomic E-state index is -0.447. The molecular formula is C19H19N3O3. The molecule has 0 saturated heterocycles. The Balaban J connectivity index is 1.92. The molecule has 0 saturated carbocycles. The van der Waals surface area contributed by atoms with Crippen molar-refractivity contribution < 1.29 is 14.3 Å². The number of ether oxygens (including phenoxy) is 1. The molecule has 0 atom stereocenters. The lowest BCUT2D eigenvalue weighted by Crippen LogP contribution is -2.14. The highest BCUT2D eigenvalue weighted by molar-refractivity contribution is 6.07. The Kier molecular flexibility index (Phi) is 4.52. The first-order valence-electron chi connectivity index (χ1n) is 8.01. The van der Waals surface area contributed by atoms with Gasteiger partial charge in [0.15, 0.2) is 0 Å². The average Bonchev–Trinajstić information content (AvgIpc) is 2.97. The number of benzene rings is 1. The van der Waals surface area contributed by atoms with Gasteiger partial charge in [-0.25, -0.2) is 4.79 Å². The summed E-state index contributed by atoms with van der Waals surface area (Å²) >= 11 is 0. The third-order valence-corrected chi connectivity index (χ3v) is 4.15. The van der Waals surface area contributed by atoms with Gasteiger partial charge in [0.2, 0.25) is 0 Å². The van der Waals surface area contributed by atoms with Gasteiger partial charge in [0.1, 0.15) is 5.69 Å². The molecule has 0 spiro atoms. The number of methoxy groups -OCH3 is 1. The first-order valence-corrected chi connectivity index (χ1v) is 8.01. The minimum Gasteiger partial charge on any atom is -0.465 e. The fourth-order valence-corrected chi connectivity index (χ4v) is 2.86. The van der Waals surface area contributed by atoms with E-state index in [0.717, 1.165) is 10.9 Å². The molecule has 128 valence electrons. The summed E-state index contributed by atoms with van der Waals surface area (Å²) in [7, 11) is 1.33. The van der Waals surface area contributed by atoms with E-state index in [1.165, 1.54) is 7.11 Å². The number of hydrogen-bond acceptors (Lipinski definition) is 4. The SMILES string of the molecule is CCc1[nH]c(C(=O)Nc2cnc3ccccc3c2)c(C)c1C(=O)OC. The first-order chi connectivity index (χ1) is 12.0. The zero-order chi connectivity index (χ0) is 18.0. The molecule has 6 nitrogen and oxygen atoms in total. The molecule has 1 amide bonds. The van der Waals surface area contributed by atoms with E-state index in [1.807, 2.05) is 37.3 Å². The van der Waals surface area contributed by atoms with Crippen LogP contribution < -0.4 is 5.32 Å². The van der Waals surface area contributed by atoms with E-state index in [0.29, 0.717) is 34.6 Å². The number of nitrogens with zero attached hydrogens (tertiary/aromatic N) is 1. The quantitative estimate of drug-likeness (QED) is 0.714. The Morgan fingerprint density at radius 2 is 2.04 bits per heavy atom. The van der Waals surface area contributed by atoms with Crippen molar-refractivity contribution in [3.63, 3.8) is 0 Å². The number of pyridine rings is 1. The summed E-state index contributed by atoms with van der Waals surface area (Å²) in [5.41, 5.74) is 3.49. The Morgan fingerprint density at radius 3 is 2.76 bits per heavy atom. The maximum Gasteiger partial charge on any atom is 0.339 e. The lowest BCUT2D eigenvalue weighted by Gasteiger charge is -2.06. The van der Waals surface area contributed by atoms with Crippen LogP contribution in [0.4, 0.5) is 5.69 Å². The van der Waals surface area contributed by atoms with Crippen molar-refractivity contribution in [1.29, 1.82) is 0 Å². The zero-order valence-corrected chi connectivity index (χ0v) is 14.3. The highest BCUT2D eigenvalue weighted by atomic mass is 16.5. The smallest absolute Gasteiger partial charge is 0.339 e. The van der Waals surface area contributed by atoms with Gasteiger partial charge < -0.3 is 15.0 Å². The van der Waals surface area contributed by atoms with Crippen LogP contribution >= 0.6 is 0 Å². The second-order valence-electron chi connectivity index (χ2n) is 5.69. The molecule has 6 heteroatoms. The number of amides is 1. The van der Waals surface area contributed by atoms with Crippen LogP contribution in [0.5, 0.6) is 0 Å². The number of para-hydroxylation sites is 1. The van der Waals surface area contributed by atoms with Crippen molar-refractivity contribution in [1.82, 2.24) is 9.97 Å². The largest absolute Gasteiger partial charge is 0.465 e. The summed E-state index contributed by atoms with van der Waals surface area (Å²) in [5, 5.41) is 3.77. The van der Waals surface area contributed by atoms with Crippen molar-refractivity contribution >= 4 is 28.5 Å². The van der Waals surface area contributed by atoms with Crippen LogP contribution in [-0.2, 0) is 11.2 Å². The van der Waals surface area contributed by atoms with Crippen LogP contribution in [0.25, 0.3) is 10.9 Å². The van der Waals surface area contributed by atoms with E-state index in [2.05, 4.69) is 15.3 Å². The van der Waals surface area contributed by atoms with Crippen LogP contribution in [0, 0.1) is 6.92 Å². The predicted octanol–water partition coefficient (Wildman–Crippen LogP) is 3.47. The lowest BCUT2D eigenvalue weighted by atomic mass is 10.1. The number of aromatic nitrogens is 2. The summed E-state index contributed by atoms with van der Waals surface area (Å²) in [6.07, 6.45) is 2.20. The van der Waals surface area contributed by atoms with Gasteiger partial charge in [0.25, 0.3) is 5.91 Å². The molecule has 3 rings (SSSR count). The Morgan fingerprint density at radius 1 is 1.28 bits per heavy atom. The van der Waals surface area contributed by atoms with E-state index in [9.17, 15) is 9.59 Å². The molecule has 0 unspecified atom stereocenters. The number of H-pyrrole nitrogens is 1. The van der Waals surface area contributed by atoms with E-state index in [4.69, 9.17) is 4.74 Å². The van der Waals surface area contributed by atoms with Gasteiger partial charge >= 0.3 is 5.97 Å². The monoisotopic (exact) mass is 337 g/mol. The molecule has 2 N–H and O–H groups in total. The molecule has 0 aliphatic carbocycles. The standard InChI is InChI=1S/C19H19N3O3/c1-4-14-16(19(24)25-3)11(2)17(22-14)18(23)21-13-9-12-7-5-6-8-15(12)20-10-13/h5-10,22H,4H2,1-3H3,(H,21,23). The number of hydrogen-bond donors (Lipinski definition) is 2.